The minimum absolute atomic E-state index is 0.595. The van der Waals surface area contributed by atoms with Crippen LogP contribution in [0.1, 0.15) is 0 Å². The van der Waals surface area contributed by atoms with E-state index in [0.29, 0.717) is 11.6 Å². The van der Waals surface area contributed by atoms with Crippen LogP contribution in [0, 0.1) is 0 Å². The van der Waals surface area contributed by atoms with Crippen LogP contribution in [0.2, 0.25) is 0 Å². The van der Waals surface area contributed by atoms with Crippen LogP contribution in [-0.2, 0) is 0 Å². The monoisotopic (exact) mass is 372 g/mol. The van der Waals surface area contributed by atoms with Crippen molar-refractivity contribution in [1.82, 2.24) is 15.0 Å². The number of hydrogen-bond donors (Lipinski definition) is 1. The Kier molecular flexibility index (Phi) is 4.76. The lowest BCUT2D eigenvalue weighted by Crippen LogP contribution is -1.99. The Balaban J connectivity index is 1.83. The predicted octanol–water partition coefficient (Wildman–Crippen LogP) is 4.42. The number of nitrogens with one attached hydrogen (secondary N) is 1. The van der Waals surface area contributed by atoms with Gasteiger partial charge in [0.15, 0.2) is 5.82 Å². The molecule has 2 aromatic carbocycles. The van der Waals surface area contributed by atoms with E-state index in [9.17, 15) is 0 Å². The average molecular weight is 372 g/mol. The molecule has 0 bridgehead atoms. The molecule has 4 aromatic rings. The number of anilines is 1. The lowest BCUT2D eigenvalue weighted by atomic mass is 10.0. The molecule has 0 aliphatic heterocycles. The third-order valence-electron chi connectivity index (χ3n) is 4.54. The summed E-state index contributed by atoms with van der Waals surface area (Å²) >= 11 is 0. The van der Waals surface area contributed by atoms with Crippen molar-refractivity contribution in [3.05, 3.63) is 60.9 Å². The van der Waals surface area contributed by atoms with Crippen LogP contribution in [0.5, 0.6) is 11.5 Å². The summed E-state index contributed by atoms with van der Waals surface area (Å²) in [5, 5.41) is 4.13. The molecule has 0 saturated carbocycles. The van der Waals surface area contributed by atoms with Gasteiger partial charge in [0, 0.05) is 24.2 Å². The van der Waals surface area contributed by atoms with Crippen molar-refractivity contribution in [2.24, 2.45) is 0 Å². The number of pyridine rings is 1. The summed E-state index contributed by atoms with van der Waals surface area (Å²) in [6.45, 7) is 0. The molecule has 6 nitrogen and oxygen atoms in total. The van der Waals surface area contributed by atoms with Crippen molar-refractivity contribution < 1.29 is 9.47 Å². The number of rotatable bonds is 5. The van der Waals surface area contributed by atoms with Crippen LogP contribution in [-0.4, -0.2) is 36.2 Å². The Hall–Kier alpha value is -3.67. The fourth-order valence-corrected chi connectivity index (χ4v) is 3.08. The minimum atomic E-state index is 0.595. The van der Waals surface area contributed by atoms with Gasteiger partial charge in [0.1, 0.15) is 17.3 Å². The number of fused-ring (bicyclic) bond motifs is 1. The van der Waals surface area contributed by atoms with Gasteiger partial charge in [-0.1, -0.05) is 18.2 Å². The molecule has 0 atom stereocenters. The van der Waals surface area contributed by atoms with E-state index in [4.69, 9.17) is 19.4 Å². The van der Waals surface area contributed by atoms with Gasteiger partial charge >= 0.3 is 0 Å². The first-order valence-corrected chi connectivity index (χ1v) is 8.85. The quantitative estimate of drug-likeness (QED) is 0.559. The highest BCUT2D eigenvalue weighted by Crippen LogP contribution is 2.31. The first-order valence-electron chi connectivity index (χ1n) is 8.85. The lowest BCUT2D eigenvalue weighted by Gasteiger charge is -2.11. The van der Waals surface area contributed by atoms with E-state index in [-0.39, 0.29) is 0 Å². The summed E-state index contributed by atoms with van der Waals surface area (Å²) in [4.78, 5) is 13.6. The fourth-order valence-electron chi connectivity index (χ4n) is 3.08. The van der Waals surface area contributed by atoms with Gasteiger partial charge in [0.2, 0.25) is 0 Å². The van der Waals surface area contributed by atoms with E-state index < -0.39 is 0 Å². The summed E-state index contributed by atoms with van der Waals surface area (Å²) in [7, 11) is 5.14. The van der Waals surface area contributed by atoms with Crippen LogP contribution < -0.4 is 14.8 Å². The maximum Gasteiger partial charge on any atom is 0.163 e. The highest BCUT2D eigenvalue weighted by Gasteiger charge is 2.11. The molecule has 0 radical (unpaired) electrons. The third kappa shape index (κ3) is 3.32. The van der Waals surface area contributed by atoms with E-state index in [2.05, 4.69) is 28.5 Å². The number of ether oxygens (including phenoxy) is 2. The van der Waals surface area contributed by atoms with Crippen molar-refractivity contribution in [2.45, 2.75) is 0 Å². The van der Waals surface area contributed by atoms with Crippen molar-refractivity contribution in [3.8, 4) is 34.0 Å². The van der Waals surface area contributed by atoms with Crippen molar-refractivity contribution in [2.75, 3.05) is 26.6 Å². The van der Waals surface area contributed by atoms with Crippen LogP contribution in [0.4, 0.5) is 5.82 Å². The molecular formula is C22H20N4O2. The van der Waals surface area contributed by atoms with E-state index in [1.165, 1.54) is 0 Å². The number of benzene rings is 2. The van der Waals surface area contributed by atoms with Crippen LogP contribution in [0.25, 0.3) is 33.4 Å². The van der Waals surface area contributed by atoms with Gasteiger partial charge < -0.3 is 14.8 Å². The Morgan fingerprint density at radius 1 is 0.786 bits per heavy atom. The van der Waals surface area contributed by atoms with Crippen LogP contribution in [0.3, 0.4) is 0 Å². The first-order chi connectivity index (χ1) is 13.7. The third-order valence-corrected chi connectivity index (χ3v) is 4.54. The molecule has 6 heteroatoms. The number of methoxy groups -OCH3 is 2. The average Bonchev–Trinajstić information content (AvgIpc) is 2.78. The summed E-state index contributed by atoms with van der Waals surface area (Å²) in [5.74, 6) is 2.84. The zero-order chi connectivity index (χ0) is 19.5. The van der Waals surface area contributed by atoms with E-state index >= 15 is 0 Å². The van der Waals surface area contributed by atoms with E-state index in [1.807, 2.05) is 37.4 Å². The molecule has 140 valence electrons. The van der Waals surface area contributed by atoms with Gasteiger partial charge in [-0.25, -0.2) is 9.97 Å². The number of aromatic nitrogens is 3. The molecule has 1 N–H and O–H groups in total. The lowest BCUT2D eigenvalue weighted by molar-refractivity contribution is 0.413. The van der Waals surface area contributed by atoms with Crippen LogP contribution >= 0.6 is 0 Å². The Morgan fingerprint density at radius 2 is 1.57 bits per heavy atom. The topological polar surface area (TPSA) is 69.2 Å². The van der Waals surface area contributed by atoms with Crippen molar-refractivity contribution in [1.29, 1.82) is 0 Å². The minimum Gasteiger partial charge on any atom is -0.497 e. The normalized spacial score (nSPS) is 10.7. The Bertz CT molecular complexity index is 1140. The van der Waals surface area contributed by atoms with E-state index in [1.54, 1.807) is 26.6 Å². The van der Waals surface area contributed by atoms with Crippen molar-refractivity contribution >= 4 is 16.7 Å². The molecule has 0 saturated heterocycles. The summed E-state index contributed by atoms with van der Waals surface area (Å²) in [6.07, 6.45) is 3.39. The second-order valence-electron chi connectivity index (χ2n) is 6.22. The summed E-state index contributed by atoms with van der Waals surface area (Å²) in [6, 6.07) is 16.0. The molecule has 2 aromatic heterocycles. The zero-order valence-corrected chi connectivity index (χ0v) is 15.9. The first kappa shape index (κ1) is 17.7. The van der Waals surface area contributed by atoms with Gasteiger partial charge in [-0.3, -0.25) is 4.98 Å². The Labute approximate surface area is 163 Å². The molecule has 28 heavy (non-hydrogen) atoms. The van der Waals surface area contributed by atoms with Gasteiger partial charge in [0.25, 0.3) is 0 Å². The molecule has 0 aliphatic carbocycles. The molecule has 0 unspecified atom stereocenters. The molecule has 0 fully saturated rings. The molecule has 4 rings (SSSR count). The molecule has 2 heterocycles. The molecule has 0 amide bonds. The SMILES string of the molecule is CNc1nc(-c2cncc(OC)c2)nc2ccc(-c3cccc(OC)c3)cc12. The van der Waals surface area contributed by atoms with Gasteiger partial charge in [-0.15, -0.1) is 0 Å². The van der Waals surface area contributed by atoms with Gasteiger partial charge in [-0.2, -0.15) is 0 Å². The second kappa shape index (κ2) is 7.52. The standard InChI is InChI=1S/C22H20N4O2/c1-23-22-19-11-15(14-5-4-6-17(9-14)27-2)7-8-20(19)25-21(26-22)16-10-18(28-3)13-24-12-16/h4-13H,1-3H3,(H,23,25,26). The smallest absolute Gasteiger partial charge is 0.163 e. The predicted molar refractivity (Wildman–Crippen MR) is 111 cm³/mol. The molecule has 0 aliphatic rings. The summed E-state index contributed by atoms with van der Waals surface area (Å²) < 4.78 is 10.6. The number of nitrogens with zero attached hydrogens (tertiary/aromatic N) is 3. The zero-order valence-electron chi connectivity index (χ0n) is 15.9. The van der Waals surface area contributed by atoms with Gasteiger partial charge in [-0.05, 0) is 41.5 Å². The van der Waals surface area contributed by atoms with Gasteiger partial charge in [0.05, 0.1) is 25.9 Å². The largest absolute Gasteiger partial charge is 0.497 e. The molecule has 0 spiro atoms. The summed E-state index contributed by atoms with van der Waals surface area (Å²) in [5.41, 5.74) is 3.80. The fraction of sp³-hybridized carbons (Fsp3) is 0.136. The Morgan fingerprint density at radius 3 is 2.36 bits per heavy atom. The molecular weight excluding hydrogens is 352 g/mol. The second-order valence-corrected chi connectivity index (χ2v) is 6.22. The van der Waals surface area contributed by atoms with E-state index in [0.717, 1.165) is 39.2 Å². The maximum absolute atomic E-state index is 5.34. The highest BCUT2D eigenvalue weighted by atomic mass is 16.5. The number of hydrogen-bond acceptors (Lipinski definition) is 6. The maximum atomic E-state index is 5.34. The van der Waals surface area contributed by atoms with Crippen LogP contribution in [0.15, 0.2) is 60.9 Å². The van der Waals surface area contributed by atoms with Crippen molar-refractivity contribution in [3.63, 3.8) is 0 Å². The highest BCUT2D eigenvalue weighted by molar-refractivity contribution is 5.94.